The molecule has 21 heavy (non-hydrogen) atoms. The fourth-order valence-electron chi connectivity index (χ4n) is 1.76. The number of nitrogens with zero attached hydrogens (tertiary/aromatic N) is 3. The highest BCUT2D eigenvalue weighted by Gasteiger charge is 2.07. The smallest absolute Gasteiger partial charge is 0.321 e. The summed E-state index contributed by atoms with van der Waals surface area (Å²) in [4.78, 5) is 12.9. The van der Waals surface area contributed by atoms with Crippen molar-refractivity contribution in [1.29, 1.82) is 0 Å². The third-order valence-electron chi connectivity index (χ3n) is 2.76. The molecule has 0 saturated heterocycles. The van der Waals surface area contributed by atoms with E-state index in [4.69, 9.17) is 4.74 Å². The van der Waals surface area contributed by atoms with Gasteiger partial charge in [-0.05, 0) is 18.9 Å². The van der Waals surface area contributed by atoms with E-state index in [-0.39, 0.29) is 0 Å². The summed E-state index contributed by atoms with van der Waals surface area (Å²) in [6.07, 6.45) is 1.01. The lowest BCUT2D eigenvalue weighted by Crippen LogP contribution is -2.07. The predicted molar refractivity (Wildman–Crippen MR) is 85.9 cm³/mol. The van der Waals surface area contributed by atoms with E-state index in [1.54, 1.807) is 18.9 Å². The Balaban J connectivity index is 2.07. The van der Waals surface area contributed by atoms with Crippen LogP contribution in [0.15, 0.2) is 29.4 Å². The molecule has 1 N–H and O–H groups in total. The quantitative estimate of drug-likeness (QED) is 0.792. The number of aromatic nitrogens is 3. The predicted octanol–water partition coefficient (Wildman–Crippen LogP) is 3.30. The minimum Gasteiger partial charge on any atom is -0.467 e. The normalized spacial score (nSPS) is 10.4. The number of anilines is 1. The molecule has 112 valence electrons. The van der Waals surface area contributed by atoms with Crippen molar-refractivity contribution in [3.05, 3.63) is 35.4 Å². The van der Waals surface area contributed by atoms with Gasteiger partial charge in [-0.25, -0.2) is 0 Å². The maximum atomic E-state index is 5.13. The Morgan fingerprint density at radius 1 is 1.24 bits per heavy atom. The molecule has 0 spiro atoms. The van der Waals surface area contributed by atoms with E-state index in [1.165, 1.54) is 11.1 Å². The maximum Gasteiger partial charge on any atom is 0.321 e. The minimum atomic E-state index is 0.343. The molecule has 0 amide bonds. The number of hydrogen-bond donors (Lipinski definition) is 1. The van der Waals surface area contributed by atoms with Crippen LogP contribution in [0.4, 0.5) is 5.95 Å². The molecule has 0 aliphatic rings. The summed E-state index contributed by atoms with van der Waals surface area (Å²) in [6.45, 7) is 5.01. The molecule has 2 aromatic rings. The van der Waals surface area contributed by atoms with E-state index in [9.17, 15) is 0 Å². The molecule has 1 aromatic heterocycles. The summed E-state index contributed by atoms with van der Waals surface area (Å²) in [5, 5.41) is 3.83. The van der Waals surface area contributed by atoms with E-state index in [2.05, 4.69) is 58.4 Å². The molecule has 1 heterocycles. The van der Waals surface area contributed by atoms with Gasteiger partial charge in [-0.15, -0.1) is 0 Å². The summed E-state index contributed by atoms with van der Waals surface area (Å²) in [6, 6.07) is 8.77. The molecule has 6 heteroatoms. The molecule has 0 atom stereocenters. The zero-order valence-corrected chi connectivity index (χ0v) is 13.4. The van der Waals surface area contributed by atoms with Crippen LogP contribution >= 0.6 is 11.8 Å². The lowest BCUT2D eigenvalue weighted by Gasteiger charge is -2.07. The van der Waals surface area contributed by atoms with Crippen LogP contribution in [0.2, 0.25) is 0 Å². The lowest BCUT2D eigenvalue weighted by atomic mass is 10.2. The number of aryl methyl sites for hydroxylation is 1. The van der Waals surface area contributed by atoms with Gasteiger partial charge in [0.25, 0.3) is 0 Å². The molecule has 0 saturated carbocycles. The van der Waals surface area contributed by atoms with Crippen molar-refractivity contribution in [2.75, 3.05) is 19.0 Å². The summed E-state index contributed by atoms with van der Waals surface area (Å²) < 4.78 is 5.13. The van der Waals surface area contributed by atoms with Crippen LogP contribution in [0, 0.1) is 6.92 Å². The van der Waals surface area contributed by atoms with Crippen molar-refractivity contribution in [2.24, 2.45) is 0 Å². The molecule has 0 unspecified atom stereocenters. The Labute approximate surface area is 129 Å². The number of benzene rings is 1. The Bertz CT molecular complexity index is 592. The Hall–Kier alpha value is -1.82. The van der Waals surface area contributed by atoms with Gasteiger partial charge < -0.3 is 10.1 Å². The van der Waals surface area contributed by atoms with Crippen molar-refractivity contribution >= 4 is 17.7 Å². The second kappa shape index (κ2) is 7.83. The van der Waals surface area contributed by atoms with Crippen LogP contribution < -0.4 is 10.1 Å². The van der Waals surface area contributed by atoms with Gasteiger partial charge in [0, 0.05) is 12.3 Å². The monoisotopic (exact) mass is 304 g/mol. The van der Waals surface area contributed by atoms with Gasteiger partial charge in [0.05, 0.1) is 7.11 Å². The van der Waals surface area contributed by atoms with Crippen LogP contribution in [0.5, 0.6) is 6.01 Å². The first-order valence-electron chi connectivity index (χ1n) is 6.93. The molecule has 0 fully saturated rings. The van der Waals surface area contributed by atoms with Gasteiger partial charge in [-0.3, -0.25) is 0 Å². The number of methoxy groups -OCH3 is 1. The molecule has 1 aromatic carbocycles. The van der Waals surface area contributed by atoms with Gasteiger partial charge in [0.15, 0.2) is 5.16 Å². The molecule has 2 rings (SSSR count). The first kappa shape index (κ1) is 15.6. The molecule has 0 bridgehead atoms. The maximum absolute atomic E-state index is 5.13. The lowest BCUT2D eigenvalue weighted by molar-refractivity contribution is 0.373. The minimum absolute atomic E-state index is 0.343. The number of rotatable bonds is 7. The zero-order chi connectivity index (χ0) is 15.1. The molecule has 0 aliphatic carbocycles. The number of hydrogen-bond acceptors (Lipinski definition) is 6. The van der Waals surface area contributed by atoms with E-state index < -0.39 is 0 Å². The third kappa shape index (κ3) is 4.90. The molecule has 0 radical (unpaired) electrons. The Morgan fingerprint density at radius 2 is 2.10 bits per heavy atom. The molecule has 5 nitrogen and oxygen atoms in total. The van der Waals surface area contributed by atoms with Crippen molar-refractivity contribution in [3.8, 4) is 6.01 Å². The van der Waals surface area contributed by atoms with Crippen molar-refractivity contribution < 1.29 is 4.74 Å². The number of ether oxygens (including phenoxy) is 1. The molecular weight excluding hydrogens is 284 g/mol. The largest absolute Gasteiger partial charge is 0.467 e. The molecule has 0 aliphatic heterocycles. The first-order chi connectivity index (χ1) is 10.2. The topological polar surface area (TPSA) is 59.9 Å². The zero-order valence-electron chi connectivity index (χ0n) is 12.6. The van der Waals surface area contributed by atoms with Gasteiger partial charge in [0.1, 0.15) is 0 Å². The van der Waals surface area contributed by atoms with Crippen molar-refractivity contribution in [1.82, 2.24) is 15.0 Å². The van der Waals surface area contributed by atoms with Crippen molar-refractivity contribution in [3.63, 3.8) is 0 Å². The fourth-order valence-corrected chi connectivity index (χ4v) is 2.53. The summed E-state index contributed by atoms with van der Waals surface area (Å²) in [5.74, 6) is 1.39. The van der Waals surface area contributed by atoms with E-state index in [0.29, 0.717) is 17.1 Å². The molecular formula is C15H20N4OS. The summed E-state index contributed by atoms with van der Waals surface area (Å²) >= 11 is 1.58. The number of nitrogens with one attached hydrogen (secondary N) is 1. The average molecular weight is 304 g/mol. The van der Waals surface area contributed by atoms with E-state index in [1.807, 2.05) is 0 Å². The highest BCUT2D eigenvalue weighted by atomic mass is 32.2. The third-order valence-corrected chi connectivity index (χ3v) is 3.68. The van der Waals surface area contributed by atoms with Crippen LogP contribution in [0.25, 0.3) is 0 Å². The SMILES string of the molecule is CCCNc1nc(OC)nc(SCc2cccc(C)c2)n1. The average Bonchev–Trinajstić information content (AvgIpc) is 2.51. The number of thioether (sulfide) groups is 1. The van der Waals surface area contributed by atoms with E-state index >= 15 is 0 Å². The fraction of sp³-hybridized carbons (Fsp3) is 0.400. The second-order valence-electron chi connectivity index (χ2n) is 4.63. The Morgan fingerprint density at radius 3 is 2.81 bits per heavy atom. The first-order valence-corrected chi connectivity index (χ1v) is 7.92. The second-order valence-corrected chi connectivity index (χ2v) is 5.58. The van der Waals surface area contributed by atoms with Gasteiger partial charge >= 0.3 is 6.01 Å². The van der Waals surface area contributed by atoms with Gasteiger partial charge in [-0.1, -0.05) is 48.5 Å². The standard InChI is InChI=1S/C15H20N4OS/c1-4-8-16-13-17-14(20-3)19-15(18-13)21-10-12-7-5-6-11(2)9-12/h5-7,9H,4,8,10H2,1-3H3,(H,16,17,18,19). The summed E-state index contributed by atoms with van der Waals surface area (Å²) in [7, 11) is 1.56. The van der Waals surface area contributed by atoms with Crippen LogP contribution in [-0.2, 0) is 5.75 Å². The van der Waals surface area contributed by atoms with Crippen LogP contribution in [0.1, 0.15) is 24.5 Å². The highest BCUT2D eigenvalue weighted by molar-refractivity contribution is 7.98. The van der Waals surface area contributed by atoms with Crippen LogP contribution in [0.3, 0.4) is 0 Å². The summed E-state index contributed by atoms with van der Waals surface area (Å²) in [5.41, 5.74) is 2.51. The van der Waals surface area contributed by atoms with Crippen molar-refractivity contribution in [2.45, 2.75) is 31.2 Å². The van der Waals surface area contributed by atoms with Crippen LogP contribution in [-0.4, -0.2) is 28.6 Å². The van der Waals surface area contributed by atoms with E-state index in [0.717, 1.165) is 18.7 Å². The Kier molecular flexibility index (Phi) is 5.80. The highest BCUT2D eigenvalue weighted by Crippen LogP contribution is 2.22. The van der Waals surface area contributed by atoms with Gasteiger partial charge in [0.2, 0.25) is 5.95 Å². The van der Waals surface area contributed by atoms with Gasteiger partial charge in [-0.2, -0.15) is 15.0 Å².